The second kappa shape index (κ2) is 5.22. The van der Waals surface area contributed by atoms with Crippen molar-refractivity contribution in [3.05, 3.63) is 34.7 Å². The SMILES string of the molecule is COCC1CCC(n2c(=O)nc(N)c3ccccc32)O1. The molecule has 106 valence electrons. The van der Waals surface area contributed by atoms with Gasteiger partial charge in [0.25, 0.3) is 0 Å². The number of nitrogens with two attached hydrogens (primary N) is 1. The molecule has 1 fully saturated rings. The topological polar surface area (TPSA) is 79.4 Å². The Morgan fingerprint density at radius 3 is 3.05 bits per heavy atom. The van der Waals surface area contributed by atoms with Gasteiger partial charge in [-0.2, -0.15) is 4.98 Å². The lowest BCUT2D eigenvalue weighted by atomic mass is 10.2. The van der Waals surface area contributed by atoms with Crippen LogP contribution in [0.5, 0.6) is 0 Å². The van der Waals surface area contributed by atoms with Crippen molar-refractivity contribution in [1.82, 2.24) is 9.55 Å². The Balaban J connectivity index is 2.06. The van der Waals surface area contributed by atoms with E-state index >= 15 is 0 Å². The zero-order valence-electron chi connectivity index (χ0n) is 11.3. The van der Waals surface area contributed by atoms with Gasteiger partial charge in [-0.1, -0.05) is 12.1 Å². The van der Waals surface area contributed by atoms with E-state index in [1.165, 1.54) is 0 Å². The highest BCUT2D eigenvalue weighted by Crippen LogP contribution is 2.30. The van der Waals surface area contributed by atoms with Gasteiger partial charge in [-0.05, 0) is 25.0 Å². The van der Waals surface area contributed by atoms with Crippen LogP contribution in [0.4, 0.5) is 5.82 Å². The Morgan fingerprint density at radius 1 is 1.45 bits per heavy atom. The van der Waals surface area contributed by atoms with Gasteiger partial charge in [0.05, 0.1) is 18.2 Å². The third kappa shape index (κ3) is 2.17. The van der Waals surface area contributed by atoms with Crippen molar-refractivity contribution in [3.8, 4) is 0 Å². The standard InChI is InChI=1S/C14H17N3O3/c1-19-8-9-6-7-12(20-9)17-11-5-3-2-4-10(11)13(15)16-14(17)18/h2-5,9,12H,6-8H2,1H3,(H2,15,16,18). The third-order valence-corrected chi connectivity index (χ3v) is 3.59. The zero-order valence-corrected chi connectivity index (χ0v) is 11.3. The number of benzene rings is 1. The predicted molar refractivity (Wildman–Crippen MR) is 75.4 cm³/mol. The summed E-state index contributed by atoms with van der Waals surface area (Å²) in [6.07, 6.45) is 1.35. The molecule has 2 atom stereocenters. The Hall–Kier alpha value is -1.92. The molecule has 1 aliphatic heterocycles. The average Bonchev–Trinajstić information content (AvgIpc) is 2.88. The van der Waals surface area contributed by atoms with Crippen LogP contribution in [0, 0.1) is 0 Å². The van der Waals surface area contributed by atoms with E-state index in [4.69, 9.17) is 15.2 Å². The molecule has 1 aromatic heterocycles. The summed E-state index contributed by atoms with van der Waals surface area (Å²) in [7, 11) is 1.64. The molecule has 0 amide bonds. The van der Waals surface area contributed by atoms with Gasteiger partial charge in [0.15, 0.2) is 0 Å². The Labute approximate surface area is 116 Å². The lowest BCUT2D eigenvalue weighted by Gasteiger charge is -2.18. The highest BCUT2D eigenvalue weighted by molar-refractivity contribution is 5.88. The molecule has 0 saturated carbocycles. The van der Waals surface area contributed by atoms with Crippen molar-refractivity contribution >= 4 is 16.7 Å². The molecule has 2 heterocycles. The van der Waals surface area contributed by atoms with E-state index in [0.29, 0.717) is 6.61 Å². The smallest absolute Gasteiger partial charge is 0.352 e. The molecule has 1 aliphatic rings. The first-order chi connectivity index (χ1) is 9.70. The normalized spacial score (nSPS) is 22.4. The molecular weight excluding hydrogens is 258 g/mol. The van der Waals surface area contributed by atoms with Gasteiger partial charge < -0.3 is 15.2 Å². The molecule has 2 unspecified atom stereocenters. The number of nitrogen functional groups attached to an aromatic ring is 1. The number of anilines is 1. The molecule has 3 rings (SSSR count). The monoisotopic (exact) mass is 275 g/mol. The van der Waals surface area contributed by atoms with E-state index in [1.807, 2.05) is 24.3 Å². The number of nitrogens with zero attached hydrogens (tertiary/aromatic N) is 2. The molecule has 1 aromatic carbocycles. The number of rotatable bonds is 3. The summed E-state index contributed by atoms with van der Waals surface area (Å²) in [5, 5.41) is 0.769. The van der Waals surface area contributed by atoms with Gasteiger partial charge in [-0.25, -0.2) is 4.79 Å². The first-order valence-corrected chi connectivity index (χ1v) is 6.62. The van der Waals surface area contributed by atoms with Crippen LogP contribution in [0.1, 0.15) is 19.1 Å². The maximum absolute atomic E-state index is 12.2. The second-order valence-electron chi connectivity index (χ2n) is 4.91. The molecule has 6 nitrogen and oxygen atoms in total. The van der Waals surface area contributed by atoms with Crippen LogP contribution in [0.2, 0.25) is 0 Å². The minimum atomic E-state index is -0.371. The quantitative estimate of drug-likeness (QED) is 0.913. The van der Waals surface area contributed by atoms with Gasteiger partial charge in [0.2, 0.25) is 0 Å². The first-order valence-electron chi connectivity index (χ1n) is 6.62. The molecule has 0 radical (unpaired) electrons. The molecule has 20 heavy (non-hydrogen) atoms. The maximum atomic E-state index is 12.2. The lowest BCUT2D eigenvalue weighted by molar-refractivity contribution is -0.0315. The second-order valence-corrected chi connectivity index (χ2v) is 4.91. The number of para-hydroxylation sites is 1. The molecular formula is C14H17N3O3. The van der Waals surface area contributed by atoms with Crippen LogP contribution in [-0.2, 0) is 9.47 Å². The molecule has 0 aliphatic carbocycles. The van der Waals surface area contributed by atoms with Crippen molar-refractivity contribution in [3.63, 3.8) is 0 Å². The largest absolute Gasteiger partial charge is 0.383 e. The van der Waals surface area contributed by atoms with Crippen LogP contribution in [0.15, 0.2) is 29.1 Å². The predicted octanol–water partition coefficient (Wildman–Crippen LogP) is 1.30. The van der Waals surface area contributed by atoms with Crippen molar-refractivity contribution < 1.29 is 9.47 Å². The fourth-order valence-electron chi connectivity index (χ4n) is 2.68. The van der Waals surface area contributed by atoms with Gasteiger partial charge in [0.1, 0.15) is 12.0 Å². The van der Waals surface area contributed by atoms with Crippen LogP contribution in [0.3, 0.4) is 0 Å². The average molecular weight is 275 g/mol. The summed E-state index contributed by atoms with van der Waals surface area (Å²) in [5.74, 6) is 0.258. The number of hydrogen-bond donors (Lipinski definition) is 1. The number of hydrogen-bond acceptors (Lipinski definition) is 5. The van der Waals surface area contributed by atoms with Gasteiger partial charge in [0, 0.05) is 12.5 Å². The summed E-state index contributed by atoms with van der Waals surface area (Å²) in [6.45, 7) is 0.533. The third-order valence-electron chi connectivity index (χ3n) is 3.59. The van der Waals surface area contributed by atoms with Crippen molar-refractivity contribution in [1.29, 1.82) is 0 Å². The van der Waals surface area contributed by atoms with Crippen LogP contribution < -0.4 is 11.4 Å². The van der Waals surface area contributed by atoms with E-state index in [1.54, 1.807) is 11.7 Å². The molecule has 2 N–H and O–H groups in total. The minimum absolute atomic E-state index is 0.0215. The van der Waals surface area contributed by atoms with Gasteiger partial charge >= 0.3 is 5.69 Å². The van der Waals surface area contributed by atoms with E-state index in [0.717, 1.165) is 23.7 Å². The van der Waals surface area contributed by atoms with Crippen LogP contribution in [0.25, 0.3) is 10.9 Å². The number of fused-ring (bicyclic) bond motifs is 1. The Morgan fingerprint density at radius 2 is 2.25 bits per heavy atom. The molecule has 1 saturated heterocycles. The summed E-state index contributed by atoms with van der Waals surface area (Å²) in [6, 6.07) is 7.47. The lowest BCUT2D eigenvalue weighted by Crippen LogP contribution is -2.29. The van der Waals surface area contributed by atoms with E-state index in [-0.39, 0.29) is 23.8 Å². The van der Waals surface area contributed by atoms with Crippen LogP contribution in [-0.4, -0.2) is 29.4 Å². The molecule has 0 bridgehead atoms. The Kier molecular flexibility index (Phi) is 3.42. The molecule has 0 spiro atoms. The van der Waals surface area contributed by atoms with Crippen molar-refractivity contribution in [2.45, 2.75) is 25.2 Å². The van der Waals surface area contributed by atoms with Crippen molar-refractivity contribution in [2.75, 3.05) is 19.5 Å². The number of aromatic nitrogens is 2. The van der Waals surface area contributed by atoms with Gasteiger partial charge in [-0.15, -0.1) is 0 Å². The number of methoxy groups -OCH3 is 1. The highest BCUT2D eigenvalue weighted by Gasteiger charge is 2.28. The summed E-state index contributed by atoms with van der Waals surface area (Å²) in [4.78, 5) is 16.1. The summed E-state index contributed by atoms with van der Waals surface area (Å²) in [5.41, 5.74) is 6.20. The van der Waals surface area contributed by atoms with E-state index in [2.05, 4.69) is 4.98 Å². The minimum Gasteiger partial charge on any atom is -0.383 e. The first kappa shape index (κ1) is 13.1. The van der Waals surface area contributed by atoms with Crippen molar-refractivity contribution in [2.24, 2.45) is 0 Å². The number of ether oxygens (including phenoxy) is 2. The summed E-state index contributed by atoms with van der Waals surface area (Å²) >= 11 is 0. The van der Waals surface area contributed by atoms with Crippen LogP contribution >= 0.6 is 0 Å². The fraction of sp³-hybridized carbons (Fsp3) is 0.429. The van der Waals surface area contributed by atoms with Gasteiger partial charge in [-0.3, -0.25) is 4.57 Å². The summed E-state index contributed by atoms with van der Waals surface area (Å²) < 4.78 is 12.6. The van der Waals surface area contributed by atoms with E-state index < -0.39 is 0 Å². The molecule has 2 aromatic rings. The highest BCUT2D eigenvalue weighted by atomic mass is 16.5. The Bertz CT molecular complexity index is 683. The molecule has 6 heteroatoms. The van der Waals surface area contributed by atoms with E-state index in [9.17, 15) is 4.79 Å². The zero-order chi connectivity index (χ0) is 14.1. The fourth-order valence-corrected chi connectivity index (χ4v) is 2.68. The maximum Gasteiger partial charge on any atom is 0.352 e.